The second-order valence-corrected chi connectivity index (χ2v) is 8.87. The van der Waals surface area contributed by atoms with Gasteiger partial charge < -0.3 is 19.9 Å². The first-order chi connectivity index (χ1) is 16.5. The number of aromatic nitrogens is 2. The van der Waals surface area contributed by atoms with Crippen LogP contribution in [0.4, 0.5) is 5.82 Å². The zero-order valence-electron chi connectivity index (χ0n) is 20.5. The molecule has 0 saturated heterocycles. The van der Waals surface area contributed by atoms with Crippen molar-refractivity contribution in [1.29, 1.82) is 0 Å². The fourth-order valence-corrected chi connectivity index (χ4v) is 4.33. The Labute approximate surface area is 203 Å². The number of nitrogens with zero attached hydrogens (tertiary/aromatic N) is 4. The largest absolute Gasteiger partial charge is 0.369 e. The third-order valence-electron chi connectivity index (χ3n) is 6.29. The maximum atomic E-state index is 6.38. The van der Waals surface area contributed by atoms with E-state index >= 15 is 0 Å². The summed E-state index contributed by atoms with van der Waals surface area (Å²) in [5, 5.41) is 3.24. The molecule has 1 N–H and O–H groups in total. The number of rotatable bonds is 9. The van der Waals surface area contributed by atoms with E-state index in [-0.39, 0.29) is 6.10 Å². The Morgan fingerprint density at radius 3 is 2.68 bits per heavy atom. The minimum atomic E-state index is 0.0678. The SMILES string of the molecule is C=C1c2cnc(C)nc2N(C)CCN1Cc1cccc(COC(CCNC)c2ccccc2)c1. The molecule has 2 heterocycles. The standard InChI is InChI=1S/C28H35N5O/c1-21-26-18-30-22(2)31-28(26)32(4)15-16-33(21)19-23-9-8-10-24(17-23)20-34-27(13-14-29-3)25-11-6-5-7-12-25/h5-12,17-18,27,29H,1,13-16,19-20H2,2-4H3. The summed E-state index contributed by atoms with van der Waals surface area (Å²) in [4.78, 5) is 13.6. The van der Waals surface area contributed by atoms with Gasteiger partial charge in [-0.1, -0.05) is 61.2 Å². The lowest BCUT2D eigenvalue weighted by Crippen LogP contribution is -2.28. The van der Waals surface area contributed by atoms with Crippen LogP contribution in [0.2, 0.25) is 0 Å². The Morgan fingerprint density at radius 1 is 1.09 bits per heavy atom. The highest BCUT2D eigenvalue weighted by atomic mass is 16.5. The topological polar surface area (TPSA) is 53.5 Å². The van der Waals surface area contributed by atoms with Gasteiger partial charge in [0.05, 0.1) is 18.3 Å². The van der Waals surface area contributed by atoms with Crippen molar-refractivity contribution in [3.05, 3.63) is 95.5 Å². The minimum absolute atomic E-state index is 0.0678. The van der Waals surface area contributed by atoms with Gasteiger partial charge in [-0.25, -0.2) is 9.97 Å². The van der Waals surface area contributed by atoms with Crippen LogP contribution >= 0.6 is 0 Å². The first-order valence-corrected chi connectivity index (χ1v) is 11.9. The van der Waals surface area contributed by atoms with E-state index in [0.717, 1.165) is 55.5 Å². The van der Waals surface area contributed by atoms with Crippen LogP contribution in [0.25, 0.3) is 5.70 Å². The van der Waals surface area contributed by atoms with Gasteiger partial charge in [0.1, 0.15) is 11.6 Å². The van der Waals surface area contributed by atoms with Crippen LogP contribution in [0.3, 0.4) is 0 Å². The molecule has 1 aliphatic heterocycles. The number of benzene rings is 2. The maximum Gasteiger partial charge on any atom is 0.141 e. The third-order valence-corrected chi connectivity index (χ3v) is 6.29. The Kier molecular flexibility index (Phi) is 7.93. The molecule has 0 fully saturated rings. The Hall–Kier alpha value is -3.22. The summed E-state index contributed by atoms with van der Waals surface area (Å²) >= 11 is 0. The minimum Gasteiger partial charge on any atom is -0.369 e. The van der Waals surface area contributed by atoms with Gasteiger partial charge >= 0.3 is 0 Å². The number of likely N-dealkylation sites (N-methyl/N-ethyl adjacent to an activating group) is 1. The molecule has 3 aromatic rings. The molecule has 1 atom stereocenters. The van der Waals surface area contributed by atoms with Gasteiger partial charge in [-0.3, -0.25) is 0 Å². The van der Waals surface area contributed by atoms with Crippen LogP contribution in [0.1, 0.15) is 40.6 Å². The number of hydrogen-bond donors (Lipinski definition) is 1. The highest BCUT2D eigenvalue weighted by Crippen LogP contribution is 2.30. The predicted molar refractivity (Wildman–Crippen MR) is 138 cm³/mol. The van der Waals surface area contributed by atoms with Gasteiger partial charge in [0.2, 0.25) is 0 Å². The highest BCUT2D eigenvalue weighted by Gasteiger charge is 2.22. The number of fused-ring (bicyclic) bond motifs is 1. The molecule has 1 unspecified atom stereocenters. The zero-order chi connectivity index (χ0) is 23.9. The van der Waals surface area contributed by atoms with Crippen molar-refractivity contribution in [2.45, 2.75) is 32.6 Å². The number of nitrogens with one attached hydrogen (secondary N) is 1. The molecular formula is C28H35N5O. The number of hydrogen-bond acceptors (Lipinski definition) is 6. The first-order valence-electron chi connectivity index (χ1n) is 11.9. The number of aryl methyl sites for hydroxylation is 1. The molecular weight excluding hydrogens is 422 g/mol. The second-order valence-electron chi connectivity index (χ2n) is 8.87. The van der Waals surface area contributed by atoms with Crippen molar-refractivity contribution in [2.24, 2.45) is 0 Å². The molecule has 0 bridgehead atoms. The van der Waals surface area contributed by atoms with Gasteiger partial charge in [-0.15, -0.1) is 0 Å². The smallest absolute Gasteiger partial charge is 0.141 e. The first kappa shape index (κ1) is 23.9. The monoisotopic (exact) mass is 457 g/mol. The van der Waals surface area contributed by atoms with Crippen molar-refractivity contribution in [1.82, 2.24) is 20.2 Å². The lowest BCUT2D eigenvalue weighted by atomic mass is 10.1. The fourth-order valence-electron chi connectivity index (χ4n) is 4.33. The molecule has 4 rings (SSSR count). The molecule has 0 radical (unpaired) electrons. The quantitative estimate of drug-likeness (QED) is 0.508. The molecule has 0 amide bonds. The average molecular weight is 458 g/mol. The average Bonchev–Trinajstić information content (AvgIpc) is 2.97. The van der Waals surface area contributed by atoms with E-state index in [1.54, 1.807) is 0 Å². The van der Waals surface area contributed by atoms with Crippen LogP contribution in [-0.2, 0) is 17.9 Å². The van der Waals surface area contributed by atoms with Crippen LogP contribution in [0.5, 0.6) is 0 Å². The van der Waals surface area contributed by atoms with Gasteiger partial charge in [-0.2, -0.15) is 0 Å². The third kappa shape index (κ3) is 5.82. The van der Waals surface area contributed by atoms with E-state index in [0.29, 0.717) is 6.61 Å². The van der Waals surface area contributed by atoms with Crippen molar-refractivity contribution < 1.29 is 4.74 Å². The Bertz CT molecular complexity index is 1100. The zero-order valence-corrected chi connectivity index (χ0v) is 20.5. The molecule has 1 aliphatic rings. The molecule has 6 heteroatoms. The van der Waals surface area contributed by atoms with Crippen LogP contribution < -0.4 is 10.2 Å². The van der Waals surface area contributed by atoms with E-state index in [1.165, 1.54) is 16.7 Å². The summed E-state index contributed by atoms with van der Waals surface area (Å²) in [5.74, 6) is 1.73. The van der Waals surface area contributed by atoms with Gasteiger partial charge in [0.15, 0.2) is 0 Å². The normalized spacial score (nSPS) is 14.6. The van der Waals surface area contributed by atoms with E-state index in [4.69, 9.17) is 4.74 Å². The molecule has 2 aromatic carbocycles. The molecule has 0 saturated carbocycles. The molecule has 0 spiro atoms. The Balaban J connectivity index is 1.45. The Morgan fingerprint density at radius 2 is 1.88 bits per heavy atom. The van der Waals surface area contributed by atoms with Crippen LogP contribution in [-0.4, -0.2) is 48.6 Å². The fraction of sp³-hybridized carbons (Fsp3) is 0.357. The lowest BCUT2D eigenvalue weighted by molar-refractivity contribution is 0.0343. The van der Waals surface area contributed by atoms with Crippen molar-refractivity contribution in [2.75, 3.05) is 38.6 Å². The maximum absolute atomic E-state index is 6.38. The summed E-state index contributed by atoms with van der Waals surface area (Å²) in [6, 6.07) is 19.1. The molecule has 1 aromatic heterocycles. The van der Waals surface area contributed by atoms with Gasteiger partial charge in [-0.05, 0) is 43.6 Å². The van der Waals surface area contributed by atoms with Crippen molar-refractivity contribution in [3.63, 3.8) is 0 Å². The number of anilines is 1. The second kappa shape index (κ2) is 11.3. The van der Waals surface area contributed by atoms with Crippen LogP contribution in [0, 0.1) is 6.92 Å². The summed E-state index contributed by atoms with van der Waals surface area (Å²) in [7, 11) is 4.06. The lowest BCUT2D eigenvalue weighted by Gasteiger charge is -2.25. The van der Waals surface area contributed by atoms with E-state index in [1.807, 2.05) is 26.2 Å². The van der Waals surface area contributed by atoms with E-state index < -0.39 is 0 Å². The molecule has 178 valence electrons. The van der Waals surface area contributed by atoms with Crippen molar-refractivity contribution in [3.8, 4) is 0 Å². The molecule has 0 aliphatic carbocycles. The summed E-state index contributed by atoms with van der Waals surface area (Å²) < 4.78 is 6.38. The highest BCUT2D eigenvalue weighted by molar-refractivity contribution is 5.72. The summed E-state index contributed by atoms with van der Waals surface area (Å²) in [6.45, 7) is 10.4. The van der Waals surface area contributed by atoms with Gasteiger partial charge in [0, 0.05) is 38.6 Å². The van der Waals surface area contributed by atoms with E-state index in [9.17, 15) is 0 Å². The number of ether oxygens (including phenoxy) is 1. The summed E-state index contributed by atoms with van der Waals surface area (Å²) in [6.07, 6.45) is 2.90. The van der Waals surface area contributed by atoms with Gasteiger partial charge in [0.25, 0.3) is 0 Å². The molecule has 34 heavy (non-hydrogen) atoms. The molecule has 6 nitrogen and oxygen atoms in total. The van der Waals surface area contributed by atoms with Crippen molar-refractivity contribution >= 4 is 11.5 Å². The predicted octanol–water partition coefficient (Wildman–Crippen LogP) is 4.58. The summed E-state index contributed by atoms with van der Waals surface area (Å²) in [5.41, 5.74) is 5.61. The van der Waals surface area contributed by atoms with E-state index in [2.05, 4.69) is 87.2 Å². The van der Waals surface area contributed by atoms with Crippen LogP contribution in [0.15, 0.2) is 67.4 Å².